The number of rotatable bonds is 5. The van der Waals surface area contributed by atoms with Crippen LogP contribution in [0.25, 0.3) is 0 Å². The Morgan fingerprint density at radius 3 is 2.15 bits per heavy atom. The van der Waals surface area contributed by atoms with Gasteiger partial charge in [-0.3, -0.25) is 4.79 Å². The molecule has 0 unspecified atom stereocenters. The van der Waals surface area contributed by atoms with E-state index < -0.39 is 41.0 Å². The van der Waals surface area contributed by atoms with Gasteiger partial charge in [-0.05, 0) is 76.4 Å². The molecule has 3 aromatic rings. The summed E-state index contributed by atoms with van der Waals surface area (Å²) < 4.78 is 67.4. The standard InChI is InChI=1S/C22H15BrF5N3O2/c1-10-4-12(2-3-15(10)24)30-21(32)13-7-19(16(25)8-14(13)23)31-22(33)29-9-11-5-17(26)20(28)18(27)6-11/h2-8H,9H2,1H3,(H,30,32)(H2,29,31,33). The molecule has 33 heavy (non-hydrogen) atoms. The van der Waals surface area contributed by atoms with Crippen LogP contribution in [-0.4, -0.2) is 11.9 Å². The molecule has 0 saturated heterocycles. The lowest BCUT2D eigenvalue weighted by molar-refractivity contribution is 0.102. The van der Waals surface area contributed by atoms with E-state index in [0.717, 1.165) is 12.1 Å². The molecule has 0 aliphatic rings. The van der Waals surface area contributed by atoms with Gasteiger partial charge in [-0.25, -0.2) is 26.7 Å². The number of carbonyl (C=O) groups is 2. The zero-order valence-electron chi connectivity index (χ0n) is 16.8. The van der Waals surface area contributed by atoms with E-state index in [9.17, 15) is 31.5 Å². The van der Waals surface area contributed by atoms with Gasteiger partial charge in [0.15, 0.2) is 17.5 Å². The summed E-state index contributed by atoms with van der Waals surface area (Å²) in [4.78, 5) is 24.7. The second-order valence-electron chi connectivity index (χ2n) is 6.91. The molecule has 0 atom stereocenters. The third-order valence-corrected chi connectivity index (χ3v) is 5.12. The molecule has 3 amide bonds. The van der Waals surface area contributed by atoms with Crippen molar-refractivity contribution in [2.45, 2.75) is 13.5 Å². The molecule has 0 bridgehead atoms. The lowest BCUT2D eigenvalue weighted by Gasteiger charge is -2.12. The number of urea groups is 1. The van der Waals surface area contributed by atoms with Crippen molar-refractivity contribution >= 4 is 39.2 Å². The van der Waals surface area contributed by atoms with Crippen LogP contribution in [0.15, 0.2) is 46.9 Å². The van der Waals surface area contributed by atoms with Crippen molar-refractivity contribution in [1.82, 2.24) is 5.32 Å². The fourth-order valence-corrected chi connectivity index (χ4v) is 3.29. The summed E-state index contributed by atoms with van der Waals surface area (Å²) in [7, 11) is 0. The molecule has 0 spiro atoms. The first-order valence-corrected chi connectivity index (χ1v) is 10.1. The van der Waals surface area contributed by atoms with E-state index in [2.05, 4.69) is 31.9 Å². The Morgan fingerprint density at radius 2 is 1.52 bits per heavy atom. The van der Waals surface area contributed by atoms with Gasteiger partial charge in [0.25, 0.3) is 5.91 Å². The third kappa shape index (κ3) is 5.86. The summed E-state index contributed by atoms with van der Waals surface area (Å²) in [5.74, 6) is -6.45. The number of aryl methyl sites for hydroxylation is 1. The number of carbonyl (C=O) groups excluding carboxylic acids is 2. The summed E-state index contributed by atoms with van der Waals surface area (Å²) in [6.07, 6.45) is 0. The molecule has 0 aromatic heterocycles. The minimum Gasteiger partial charge on any atom is -0.334 e. The Labute approximate surface area is 193 Å². The van der Waals surface area contributed by atoms with Crippen molar-refractivity contribution < 1.29 is 31.5 Å². The summed E-state index contributed by atoms with van der Waals surface area (Å²) in [6, 6.07) is 6.45. The molecule has 11 heteroatoms. The van der Waals surface area contributed by atoms with Crippen LogP contribution in [0, 0.1) is 36.0 Å². The number of hydrogen-bond donors (Lipinski definition) is 3. The predicted octanol–water partition coefficient (Wildman–Crippen LogP) is 6.03. The van der Waals surface area contributed by atoms with Crippen LogP contribution in [0.2, 0.25) is 0 Å². The highest BCUT2D eigenvalue weighted by Gasteiger charge is 2.17. The van der Waals surface area contributed by atoms with Crippen molar-refractivity contribution in [3.63, 3.8) is 0 Å². The van der Waals surface area contributed by atoms with E-state index in [0.29, 0.717) is 23.4 Å². The Balaban J connectivity index is 1.71. The van der Waals surface area contributed by atoms with Crippen LogP contribution >= 0.6 is 15.9 Å². The van der Waals surface area contributed by atoms with Crippen molar-refractivity contribution in [3.8, 4) is 0 Å². The van der Waals surface area contributed by atoms with Crippen molar-refractivity contribution in [2.24, 2.45) is 0 Å². The topological polar surface area (TPSA) is 70.2 Å². The summed E-state index contributed by atoms with van der Waals surface area (Å²) in [6.45, 7) is 1.14. The highest BCUT2D eigenvalue weighted by atomic mass is 79.9. The molecule has 0 saturated carbocycles. The molecule has 0 fully saturated rings. The van der Waals surface area contributed by atoms with Gasteiger partial charge in [0, 0.05) is 16.7 Å². The van der Waals surface area contributed by atoms with E-state index in [1.807, 2.05) is 0 Å². The van der Waals surface area contributed by atoms with Crippen molar-refractivity contribution in [1.29, 1.82) is 0 Å². The summed E-state index contributed by atoms with van der Waals surface area (Å²) in [5.41, 5.74) is 0.170. The van der Waals surface area contributed by atoms with Gasteiger partial charge in [0.1, 0.15) is 11.6 Å². The van der Waals surface area contributed by atoms with E-state index in [4.69, 9.17) is 0 Å². The second-order valence-corrected chi connectivity index (χ2v) is 7.77. The fraction of sp³-hybridized carbons (Fsp3) is 0.0909. The molecule has 3 N–H and O–H groups in total. The smallest absolute Gasteiger partial charge is 0.319 e. The van der Waals surface area contributed by atoms with Crippen molar-refractivity contribution in [3.05, 3.63) is 92.7 Å². The lowest BCUT2D eigenvalue weighted by Crippen LogP contribution is -2.29. The number of anilines is 2. The highest BCUT2D eigenvalue weighted by molar-refractivity contribution is 9.10. The van der Waals surface area contributed by atoms with Crippen LogP contribution in [0.3, 0.4) is 0 Å². The molecule has 0 radical (unpaired) electrons. The number of halogens is 6. The van der Waals surface area contributed by atoms with E-state index >= 15 is 0 Å². The Bertz CT molecular complexity index is 1230. The average molecular weight is 528 g/mol. The Hall–Kier alpha value is -3.47. The van der Waals surface area contributed by atoms with Gasteiger partial charge < -0.3 is 16.0 Å². The minimum atomic E-state index is -1.64. The first kappa shape index (κ1) is 24.2. The quantitative estimate of drug-likeness (QED) is 0.280. The molecule has 0 aliphatic heterocycles. The van der Waals surface area contributed by atoms with Crippen LogP contribution < -0.4 is 16.0 Å². The maximum atomic E-state index is 14.3. The summed E-state index contributed by atoms with van der Waals surface area (Å²) >= 11 is 3.08. The molecule has 3 aromatic carbocycles. The zero-order valence-corrected chi connectivity index (χ0v) is 18.4. The molecule has 0 aliphatic carbocycles. The number of hydrogen-bond acceptors (Lipinski definition) is 2. The van der Waals surface area contributed by atoms with Crippen LogP contribution in [-0.2, 0) is 6.54 Å². The van der Waals surface area contributed by atoms with E-state index in [-0.39, 0.29) is 27.8 Å². The van der Waals surface area contributed by atoms with Gasteiger partial charge in [0.2, 0.25) is 0 Å². The number of amides is 3. The number of benzene rings is 3. The minimum absolute atomic E-state index is 0.0312. The first-order valence-electron chi connectivity index (χ1n) is 9.30. The zero-order chi connectivity index (χ0) is 24.3. The maximum Gasteiger partial charge on any atom is 0.319 e. The maximum absolute atomic E-state index is 14.3. The SMILES string of the molecule is Cc1cc(NC(=O)c2cc(NC(=O)NCc3cc(F)c(F)c(F)c3)c(F)cc2Br)ccc1F. The lowest BCUT2D eigenvalue weighted by atomic mass is 10.1. The molecule has 3 rings (SSSR count). The monoisotopic (exact) mass is 527 g/mol. The van der Waals surface area contributed by atoms with Crippen LogP contribution in [0.5, 0.6) is 0 Å². The highest BCUT2D eigenvalue weighted by Crippen LogP contribution is 2.26. The van der Waals surface area contributed by atoms with Crippen LogP contribution in [0.1, 0.15) is 21.5 Å². The van der Waals surface area contributed by atoms with Gasteiger partial charge in [-0.2, -0.15) is 0 Å². The van der Waals surface area contributed by atoms with Crippen LogP contribution in [0.4, 0.5) is 38.1 Å². The Kier molecular flexibility index (Phi) is 7.32. The molecular formula is C22H15BrF5N3O2. The normalized spacial score (nSPS) is 10.6. The second kappa shape index (κ2) is 9.99. The Morgan fingerprint density at radius 1 is 0.848 bits per heavy atom. The van der Waals surface area contributed by atoms with Gasteiger partial charge >= 0.3 is 6.03 Å². The fourth-order valence-electron chi connectivity index (χ4n) is 2.80. The largest absolute Gasteiger partial charge is 0.334 e. The number of nitrogens with one attached hydrogen (secondary N) is 3. The van der Waals surface area contributed by atoms with E-state index in [1.165, 1.54) is 25.1 Å². The van der Waals surface area contributed by atoms with Gasteiger partial charge in [0.05, 0.1) is 11.3 Å². The third-order valence-electron chi connectivity index (χ3n) is 4.46. The van der Waals surface area contributed by atoms with E-state index in [1.54, 1.807) is 0 Å². The van der Waals surface area contributed by atoms with Gasteiger partial charge in [-0.15, -0.1) is 0 Å². The molecular weight excluding hydrogens is 513 g/mol. The average Bonchev–Trinajstić information content (AvgIpc) is 2.74. The summed E-state index contributed by atoms with van der Waals surface area (Å²) in [5, 5.41) is 6.97. The predicted molar refractivity (Wildman–Crippen MR) is 115 cm³/mol. The van der Waals surface area contributed by atoms with Crippen molar-refractivity contribution in [2.75, 3.05) is 10.6 Å². The first-order chi connectivity index (χ1) is 15.5. The molecule has 0 heterocycles. The molecule has 5 nitrogen and oxygen atoms in total. The molecule has 172 valence electrons. The van der Waals surface area contributed by atoms with Gasteiger partial charge in [-0.1, -0.05) is 0 Å².